The monoisotopic (exact) mass is 604 g/mol. The van der Waals surface area contributed by atoms with Crippen molar-refractivity contribution in [2.45, 2.75) is 42.3 Å². The highest BCUT2D eigenvalue weighted by Crippen LogP contribution is 2.48. The van der Waals surface area contributed by atoms with E-state index in [1.165, 1.54) is 0 Å². The van der Waals surface area contributed by atoms with E-state index >= 15 is 0 Å². The van der Waals surface area contributed by atoms with Gasteiger partial charge in [-0.05, 0) is 39.9 Å². The van der Waals surface area contributed by atoms with Crippen LogP contribution in [0.5, 0.6) is 0 Å². The third-order valence-electron chi connectivity index (χ3n) is 7.54. The van der Waals surface area contributed by atoms with E-state index in [0.29, 0.717) is 16.6 Å². The zero-order valence-electron chi connectivity index (χ0n) is 22.4. The van der Waals surface area contributed by atoms with Crippen molar-refractivity contribution < 1.29 is 14.3 Å². The number of esters is 1. The van der Waals surface area contributed by atoms with Gasteiger partial charge in [0.05, 0.1) is 11.8 Å². The van der Waals surface area contributed by atoms with E-state index in [1.54, 1.807) is 34.8 Å². The number of thiocarbonyl (C=S) groups is 1. The maximum absolute atomic E-state index is 14.4. The van der Waals surface area contributed by atoms with Crippen LogP contribution < -0.4 is 5.32 Å². The fraction of sp³-hybridized carbons (Fsp3) is 0.310. The Morgan fingerprint density at radius 3 is 2.37 bits per heavy atom. The van der Waals surface area contributed by atoms with Gasteiger partial charge in [-0.3, -0.25) is 4.79 Å². The first-order chi connectivity index (χ1) is 19.9. The van der Waals surface area contributed by atoms with E-state index in [9.17, 15) is 9.59 Å². The zero-order valence-corrected chi connectivity index (χ0v) is 24.9. The number of nitrogens with zero attached hydrogens (tertiary/aromatic N) is 5. The Morgan fingerprint density at radius 1 is 1.10 bits per heavy atom. The van der Waals surface area contributed by atoms with Gasteiger partial charge < -0.3 is 15.0 Å². The molecule has 2 fully saturated rings. The Kier molecular flexibility index (Phi) is 7.62. The number of hydrogen-bond donors (Lipinski definition) is 1. The van der Waals surface area contributed by atoms with Gasteiger partial charge in [0.25, 0.3) is 0 Å². The minimum absolute atomic E-state index is 0.0989. The van der Waals surface area contributed by atoms with Gasteiger partial charge in [0.1, 0.15) is 22.4 Å². The van der Waals surface area contributed by atoms with Crippen LogP contribution in [0.1, 0.15) is 34.9 Å². The highest BCUT2D eigenvalue weighted by Gasteiger charge is 2.62. The van der Waals surface area contributed by atoms with Crippen molar-refractivity contribution in [1.82, 2.24) is 30.4 Å². The van der Waals surface area contributed by atoms with Crippen molar-refractivity contribution in [2.24, 2.45) is 7.05 Å². The highest BCUT2D eigenvalue weighted by molar-refractivity contribution is 8.00. The Balaban J connectivity index is 1.31. The third kappa shape index (κ3) is 5.15. The van der Waals surface area contributed by atoms with E-state index in [4.69, 9.17) is 17.0 Å². The standard InChI is InChI=1S/C29H28N6O3S3/c1-29(28-31-32-33-34(28)2)17-41-26-22(30-21(36)16-20-14-9-15-40-20)25(39)35(26)24(29)27(37)38-23(18-10-5-3-6-11-18)19-12-7-4-8-13-19/h3-15,22-24,26H,16-17H2,1-2H3,(H,30,36)/t22-,24?,26+,29?/m1/s1. The zero-order chi connectivity index (χ0) is 28.6. The number of aromatic nitrogens is 4. The summed E-state index contributed by atoms with van der Waals surface area (Å²) in [6, 6.07) is 22.1. The number of benzene rings is 2. The van der Waals surface area contributed by atoms with E-state index in [0.717, 1.165) is 16.0 Å². The van der Waals surface area contributed by atoms with Crippen molar-refractivity contribution >= 4 is 52.2 Å². The quantitative estimate of drug-likeness (QED) is 0.238. The topological polar surface area (TPSA) is 102 Å². The van der Waals surface area contributed by atoms with Crippen molar-refractivity contribution in [1.29, 1.82) is 0 Å². The molecule has 4 aromatic rings. The molecule has 0 bridgehead atoms. The predicted molar refractivity (Wildman–Crippen MR) is 161 cm³/mol. The number of fused-ring (bicyclic) bond motifs is 1. The summed E-state index contributed by atoms with van der Waals surface area (Å²) in [5, 5.41) is 17.0. The molecule has 2 unspecified atom stereocenters. The van der Waals surface area contributed by atoms with E-state index in [1.807, 2.05) is 90.0 Å². The van der Waals surface area contributed by atoms with Crippen LogP contribution in [0.3, 0.4) is 0 Å². The van der Waals surface area contributed by atoms with Gasteiger partial charge in [-0.2, -0.15) is 0 Å². The minimum atomic E-state index is -0.815. The summed E-state index contributed by atoms with van der Waals surface area (Å²) in [6.45, 7) is 1.97. The smallest absolute Gasteiger partial charge is 0.330 e. The second-order valence-electron chi connectivity index (χ2n) is 10.3. The molecule has 4 heterocycles. The fourth-order valence-corrected chi connectivity index (χ4v) is 8.40. The van der Waals surface area contributed by atoms with Gasteiger partial charge in [0, 0.05) is 17.7 Å². The van der Waals surface area contributed by atoms with E-state index < -0.39 is 23.5 Å². The second kappa shape index (κ2) is 11.3. The maximum Gasteiger partial charge on any atom is 0.330 e. The normalized spacial score (nSPS) is 23.5. The molecule has 41 heavy (non-hydrogen) atoms. The van der Waals surface area contributed by atoms with Crippen molar-refractivity contribution in [3.8, 4) is 0 Å². The van der Waals surface area contributed by atoms with Crippen LogP contribution in [0.25, 0.3) is 0 Å². The first-order valence-corrected chi connectivity index (χ1v) is 15.5. The van der Waals surface area contributed by atoms with Crippen LogP contribution in [-0.4, -0.2) is 65.2 Å². The molecule has 2 aromatic heterocycles. The number of hydrogen-bond acceptors (Lipinski definition) is 9. The number of amides is 1. The molecule has 6 rings (SSSR count). The van der Waals surface area contributed by atoms with Crippen LogP contribution in [0.4, 0.5) is 0 Å². The van der Waals surface area contributed by atoms with Crippen molar-refractivity contribution in [3.63, 3.8) is 0 Å². The molecule has 2 aliphatic rings. The Labute approximate surface area is 251 Å². The van der Waals surface area contributed by atoms with Crippen molar-refractivity contribution in [2.75, 3.05) is 5.75 Å². The number of carbonyl (C=O) groups excluding carboxylic acids is 2. The summed E-state index contributed by atoms with van der Waals surface area (Å²) in [5.74, 6) is 0.570. The van der Waals surface area contributed by atoms with Gasteiger partial charge >= 0.3 is 5.97 Å². The molecule has 2 aromatic carbocycles. The molecule has 9 nitrogen and oxygen atoms in total. The molecule has 1 amide bonds. The summed E-state index contributed by atoms with van der Waals surface area (Å²) >= 11 is 9.04. The number of carbonyl (C=O) groups is 2. The summed E-state index contributed by atoms with van der Waals surface area (Å²) in [5.41, 5.74) is 0.909. The van der Waals surface area contributed by atoms with Crippen LogP contribution >= 0.6 is 35.3 Å². The summed E-state index contributed by atoms with van der Waals surface area (Å²) in [7, 11) is 1.76. The lowest BCUT2D eigenvalue weighted by Gasteiger charge is -2.59. The van der Waals surface area contributed by atoms with Crippen LogP contribution in [0.15, 0.2) is 78.2 Å². The average Bonchev–Trinajstić information content (AvgIpc) is 3.67. The Morgan fingerprint density at radius 2 is 1.78 bits per heavy atom. The molecule has 4 atom stereocenters. The summed E-state index contributed by atoms with van der Waals surface area (Å²) in [4.78, 5) is 30.6. The van der Waals surface area contributed by atoms with Gasteiger partial charge in [0.15, 0.2) is 11.9 Å². The number of nitrogens with one attached hydrogen (secondary N) is 1. The average molecular weight is 605 g/mol. The number of thiophene rings is 1. The fourth-order valence-electron chi connectivity index (χ4n) is 5.55. The number of aryl methyl sites for hydroxylation is 1. The van der Waals surface area contributed by atoms with Gasteiger partial charge in [-0.15, -0.1) is 28.2 Å². The number of rotatable bonds is 8. The molecule has 0 spiro atoms. The number of ether oxygens (including phenoxy) is 1. The Bertz CT molecular complexity index is 1510. The molecule has 0 radical (unpaired) electrons. The van der Waals surface area contributed by atoms with Gasteiger partial charge in [0.2, 0.25) is 5.91 Å². The molecule has 2 aliphatic heterocycles. The van der Waals surface area contributed by atoms with E-state index in [-0.39, 0.29) is 23.7 Å². The highest BCUT2D eigenvalue weighted by atomic mass is 32.2. The van der Waals surface area contributed by atoms with Gasteiger partial charge in [-0.25, -0.2) is 9.48 Å². The van der Waals surface area contributed by atoms with Crippen molar-refractivity contribution in [3.05, 3.63) is 100 Å². The number of thioether (sulfide) groups is 1. The lowest BCUT2D eigenvalue weighted by Crippen LogP contribution is -2.78. The minimum Gasteiger partial charge on any atom is -0.451 e. The second-order valence-corrected chi connectivity index (χ2v) is 12.9. The van der Waals surface area contributed by atoms with Crippen LogP contribution in [-0.2, 0) is 33.2 Å². The summed E-state index contributed by atoms with van der Waals surface area (Å²) < 4.78 is 7.96. The lowest BCUT2D eigenvalue weighted by molar-refractivity contribution is -0.156. The molecule has 210 valence electrons. The largest absolute Gasteiger partial charge is 0.451 e. The maximum atomic E-state index is 14.4. The molecule has 0 aliphatic carbocycles. The first kappa shape index (κ1) is 27.6. The molecule has 2 saturated heterocycles. The molecule has 1 N–H and O–H groups in total. The first-order valence-electron chi connectivity index (χ1n) is 13.2. The lowest BCUT2D eigenvalue weighted by atomic mass is 9.79. The van der Waals surface area contributed by atoms with Crippen LogP contribution in [0, 0.1) is 0 Å². The molecular weight excluding hydrogens is 577 g/mol. The predicted octanol–water partition coefficient (Wildman–Crippen LogP) is 3.67. The molecule has 0 saturated carbocycles. The SMILES string of the molecule is Cn1nnnc1C1(C)CS[C@H]2[C@H](NC(=O)Cc3cccs3)C(=S)N2C1C(=O)OC(c1ccccc1)c1ccccc1. The molecular formula is C29H28N6O3S3. The van der Waals surface area contributed by atoms with Gasteiger partial charge in [-0.1, -0.05) is 78.9 Å². The third-order valence-corrected chi connectivity index (χ3v) is 10.5. The van der Waals surface area contributed by atoms with E-state index in [2.05, 4.69) is 20.8 Å². The molecule has 12 heteroatoms. The summed E-state index contributed by atoms with van der Waals surface area (Å²) in [6.07, 6.45) is -0.325. The Hall–Kier alpha value is -3.61. The number of tetrazole rings is 1. The van der Waals surface area contributed by atoms with Crippen LogP contribution in [0.2, 0.25) is 0 Å².